The Bertz CT molecular complexity index is 1680. The molecular formula is C25H31F3N8O4S. The molecule has 0 unspecified atom stereocenters. The maximum Gasteiger partial charge on any atom is 0.272 e. The highest BCUT2D eigenvalue weighted by Crippen LogP contribution is 2.34. The minimum absolute atomic E-state index is 0.0778. The Labute approximate surface area is 238 Å². The summed E-state index contributed by atoms with van der Waals surface area (Å²) < 4.78 is 97.0. The largest absolute Gasteiger partial charge is 0.480 e. The first kappa shape index (κ1) is 25.2. The van der Waals surface area contributed by atoms with Crippen LogP contribution in [0.4, 0.5) is 19.0 Å². The molecule has 0 aromatic carbocycles. The highest BCUT2D eigenvalue weighted by molar-refractivity contribution is 7.89. The van der Waals surface area contributed by atoms with E-state index < -0.39 is 66.6 Å². The Morgan fingerprint density at radius 2 is 2.05 bits per heavy atom. The van der Waals surface area contributed by atoms with Crippen molar-refractivity contribution in [3.8, 4) is 17.1 Å². The first-order valence-corrected chi connectivity index (χ1v) is 14.4. The van der Waals surface area contributed by atoms with Crippen molar-refractivity contribution >= 4 is 27.3 Å². The number of amides is 1. The van der Waals surface area contributed by atoms with Gasteiger partial charge in [-0.15, -0.1) is 0 Å². The maximum atomic E-state index is 15.0. The van der Waals surface area contributed by atoms with Crippen molar-refractivity contribution in [2.45, 2.75) is 38.5 Å². The molecule has 3 aromatic heterocycles. The summed E-state index contributed by atoms with van der Waals surface area (Å²) in [6, 6.07) is 1.66. The number of ether oxygens (including phenoxy) is 1. The normalized spacial score (nSPS) is 22.7. The number of pyridine rings is 1. The van der Waals surface area contributed by atoms with Gasteiger partial charge < -0.3 is 15.8 Å². The third-order valence-electron chi connectivity index (χ3n) is 6.92. The molecule has 2 atom stereocenters. The van der Waals surface area contributed by atoms with Gasteiger partial charge in [0.15, 0.2) is 5.82 Å². The molecule has 16 heteroatoms. The molecule has 1 amide bonds. The van der Waals surface area contributed by atoms with Crippen molar-refractivity contribution in [3.63, 3.8) is 0 Å². The van der Waals surface area contributed by atoms with Crippen LogP contribution in [0.15, 0.2) is 24.7 Å². The van der Waals surface area contributed by atoms with Crippen LogP contribution in [-0.2, 0) is 16.6 Å². The first-order chi connectivity index (χ1) is 20.4. The van der Waals surface area contributed by atoms with Gasteiger partial charge in [0, 0.05) is 31.4 Å². The van der Waals surface area contributed by atoms with E-state index in [9.17, 15) is 26.4 Å². The SMILES string of the molecule is [2H]C([2H])([2H])Oc1ncc(-c2cc(CN3CC(F)(F)C3)c3c(N)ncnn23)cc1C(=O)N[C@@H]1CN(S(=O)(=O)CC(C)C)C[C@@H]1F. The molecular weight excluding hydrogens is 565 g/mol. The Morgan fingerprint density at radius 1 is 1.29 bits per heavy atom. The third-order valence-corrected chi connectivity index (χ3v) is 9.10. The van der Waals surface area contributed by atoms with E-state index in [1.165, 1.54) is 28.0 Å². The van der Waals surface area contributed by atoms with Crippen molar-refractivity contribution in [1.82, 2.24) is 34.1 Å². The molecule has 0 bridgehead atoms. The molecule has 2 aliphatic rings. The fourth-order valence-corrected chi connectivity index (χ4v) is 6.94. The van der Waals surface area contributed by atoms with Crippen LogP contribution in [0.3, 0.4) is 0 Å². The average molecular weight is 600 g/mol. The van der Waals surface area contributed by atoms with Gasteiger partial charge >= 0.3 is 0 Å². The van der Waals surface area contributed by atoms with Crippen LogP contribution in [0.1, 0.15) is 33.9 Å². The number of nitrogens with two attached hydrogens (primary N) is 1. The molecule has 12 nitrogen and oxygen atoms in total. The number of nitrogens with zero attached hydrogens (tertiary/aromatic N) is 6. The van der Waals surface area contributed by atoms with Crippen LogP contribution in [0.5, 0.6) is 5.88 Å². The smallest absolute Gasteiger partial charge is 0.272 e. The van der Waals surface area contributed by atoms with Gasteiger partial charge in [0.2, 0.25) is 15.9 Å². The molecule has 2 fully saturated rings. The number of hydrogen-bond donors (Lipinski definition) is 2. The molecule has 5 rings (SSSR count). The lowest BCUT2D eigenvalue weighted by molar-refractivity contribution is -0.133. The van der Waals surface area contributed by atoms with Gasteiger partial charge in [0.25, 0.3) is 11.8 Å². The topological polar surface area (TPSA) is 148 Å². The molecule has 5 heterocycles. The molecule has 3 aromatic rings. The lowest BCUT2D eigenvalue weighted by atomic mass is 10.1. The van der Waals surface area contributed by atoms with Gasteiger partial charge in [-0.3, -0.25) is 9.69 Å². The zero-order chi connectivity index (χ0) is 32.2. The summed E-state index contributed by atoms with van der Waals surface area (Å²) in [7, 11) is -6.76. The average Bonchev–Trinajstić information content (AvgIpc) is 3.43. The Balaban J connectivity index is 1.48. The number of nitrogen functional groups attached to an aromatic ring is 1. The molecule has 2 saturated heterocycles. The molecule has 3 N–H and O–H groups in total. The molecule has 0 spiro atoms. The maximum absolute atomic E-state index is 15.0. The molecule has 0 radical (unpaired) electrons. The van der Waals surface area contributed by atoms with E-state index in [4.69, 9.17) is 14.6 Å². The van der Waals surface area contributed by atoms with E-state index in [2.05, 4.69) is 20.4 Å². The number of fused-ring (bicyclic) bond motifs is 1. The van der Waals surface area contributed by atoms with E-state index in [-0.39, 0.29) is 41.7 Å². The van der Waals surface area contributed by atoms with Crippen molar-refractivity contribution in [1.29, 1.82) is 0 Å². The number of alkyl halides is 3. The van der Waals surface area contributed by atoms with Crippen LogP contribution in [0.25, 0.3) is 16.8 Å². The Kier molecular flexibility index (Phi) is 6.60. The second kappa shape index (κ2) is 10.7. The number of methoxy groups -OCH3 is 1. The standard InChI is InChI=1S/C25H31F3N8O4S/c1-14(2)10-41(38,39)35-8-18(26)19(9-35)33-23(37)17-4-15(6-30-24(17)40-3)20-5-16(7-34-11-25(27,28)12-34)21-22(29)31-13-32-36(20)21/h4-6,13-14,18-19H,7-12H2,1-3H3,(H,33,37)(H2,29,31,32)/t18-,19+/m0/s1/i3D3. The van der Waals surface area contributed by atoms with Crippen molar-refractivity contribution in [2.24, 2.45) is 5.92 Å². The third kappa shape index (κ3) is 5.81. The second-order valence-electron chi connectivity index (χ2n) is 10.7. The number of nitrogens with one attached hydrogen (secondary N) is 1. The van der Waals surface area contributed by atoms with E-state index in [0.717, 1.165) is 4.31 Å². The zero-order valence-electron chi connectivity index (χ0n) is 25.2. The number of carbonyl (C=O) groups excluding carboxylic acids is 1. The van der Waals surface area contributed by atoms with Crippen molar-refractivity contribution in [3.05, 3.63) is 35.8 Å². The lowest BCUT2D eigenvalue weighted by Gasteiger charge is -2.38. The number of aromatic nitrogens is 4. The number of halogens is 3. The van der Waals surface area contributed by atoms with Crippen LogP contribution < -0.4 is 15.8 Å². The monoisotopic (exact) mass is 599 g/mol. The van der Waals surface area contributed by atoms with E-state index in [1.54, 1.807) is 19.9 Å². The van der Waals surface area contributed by atoms with Crippen LogP contribution in [-0.4, -0.2) is 100 Å². The van der Waals surface area contributed by atoms with Crippen LogP contribution in [0, 0.1) is 5.92 Å². The summed E-state index contributed by atoms with van der Waals surface area (Å²) in [6.07, 6.45) is 0.684. The predicted molar refractivity (Wildman–Crippen MR) is 144 cm³/mol. The first-order valence-electron chi connectivity index (χ1n) is 14.3. The minimum Gasteiger partial charge on any atom is -0.480 e. The summed E-state index contributed by atoms with van der Waals surface area (Å²) in [4.78, 5) is 23.0. The Hall–Kier alpha value is -3.50. The van der Waals surface area contributed by atoms with E-state index >= 15 is 0 Å². The summed E-state index contributed by atoms with van der Waals surface area (Å²) in [5, 5.41) is 6.67. The Morgan fingerprint density at radius 3 is 2.73 bits per heavy atom. The molecule has 2 aliphatic heterocycles. The number of rotatable bonds is 9. The van der Waals surface area contributed by atoms with Crippen molar-refractivity contribution < 1.29 is 35.2 Å². The lowest BCUT2D eigenvalue weighted by Crippen LogP contribution is -2.55. The number of anilines is 1. The predicted octanol–water partition coefficient (Wildman–Crippen LogP) is 1.57. The van der Waals surface area contributed by atoms with E-state index in [0.29, 0.717) is 16.8 Å². The molecule has 222 valence electrons. The summed E-state index contributed by atoms with van der Waals surface area (Å²) in [5.41, 5.74) is 7.17. The molecule has 0 aliphatic carbocycles. The highest BCUT2D eigenvalue weighted by atomic mass is 32.2. The molecule has 0 saturated carbocycles. The fourth-order valence-electron chi connectivity index (χ4n) is 5.13. The number of likely N-dealkylation sites (tertiary alicyclic amines) is 1. The summed E-state index contributed by atoms with van der Waals surface area (Å²) in [5.74, 6) is -4.62. The summed E-state index contributed by atoms with van der Waals surface area (Å²) >= 11 is 0. The van der Waals surface area contributed by atoms with Gasteiger partial charge in [-0.25, -0.2) is 36.1 Å². The van der Waals surface area contributed by atoms with Gasteiger partial charge in [-0.2, -0.15) is 9.40 Å². The number of sulfonamides is 1. The minimum atomic E-state index is -3.77. The number of carbonyl (C=O) groups is 1. The quantitative estimate of drug-likeness (QED) is 0.374. The van der Waals surface area contributed by atoms with Gasteiger partial charge in [0.05, 0.1) is 41.7 Å². The zero-order valence-corrected chi connectivity index (χ0v) is 23.0. The second-order valence-corrected chi connectivity index (χ2v) is 12.7. The highest BCUT2D eigenvalue weighted by Gasteiger charge is 2.44. The number of hydrogen-bond acceptors (Lipinski definition) is 9. The van der Waals surface area contributed by atoms with Crippen molar-refractivity contribution in [2.75, 3.05) is 44.7 Å². The van der Waals surface area contributed by atoms with Gasteiger partial charge in [-0.05, 0) is 23.6 Å². The van der Waals surface area contributed by atoms with Crippen LogP contribution in [0.2, 0.25) is 0 Å². The summed E-state index contributed by atoms with van der Waals surface area (Å²) in [6.45, 7) is 1.90. The van der Waals surface area contributed by atoms with Gasteiger partial charge in [0.1, 0.15) is 23.6 Å². The van der Waals surface area contributed by atoms with E-state index in [1.807, 2.05) is 0 Å². The molecule has 41 heavy (non-hydrogen) atoms. The fraction of sp³-hybridized carbons (Fsp3) is 0.520. The van der Waals surface area contributed by atoms with Crippen LogP contribution >= 0.6 is 0 Å². The van der Waals surface area contributed by atoms with Gasteiger partial charge in [-0.1, -0.05) is 13.8 Å².